The molecule has 1 aliphatic heterocycles. The van der Waals surface area contributed by atoms with Crippen molar-refractivity contribution in [3.63, 3.8) is 0 Å². The number of amides is 3. The highest BCUT2D eigenvalue weighted by Crippen LogP contribution is 2.20. The van der Waals surface area contributed by atoms with Gasteiger partial charge < -0.3 is 9.88 Å². The average molecular weight is 375 g/mol. The van der Waals surface area contributed by atoms with E-state index >= 15 is 0 Å². The Bertz CT molecular complexity index is 1240. The summed E-state index contributed by atoms with van der Waals surface area (Å²) in [6, 6.07) is 14.9. The van der Waals surface area contributed by atoms with Crippen molar-refractivity contribution in [2.75, 3.05) is 13.1 Å². The number of para-hydroxylation sites is 3. The number of aromatic nitrogens is 1. The van der Waals surface area contributed by atoms with Gasteiger partial charge in [0.1, 0.15) is 5.36 Å². The fourth-order valence-electron chi connectivity index (χ4n) is 3.50. The van der Waals surface area contributed by atoms with Crippen molar-refractivity contribution in [2.24, 2.45) is 12.0 Å². The van der Waals surface area contributed by atoms with Crippen LogP contribution in [-0.4, -0.2) is 35.4 Å². The molecule has 0 spiro atoms. The predicted molar refractivity (Wildman–Crippen MR) is 103 cm³/mol. The Morgan fingerprint density at radius 2 is 1.86 bits per heavy atom. The Balaban J connectivity index is 1.47. The van der Waals surface area contributed by atoms with Crippen LogP contribution in [0.1, 0.15) is 5.56 Å². The molecule has 0 aliphatic carbocycles. The first-order valence-electron chi connectivity index (χ1n) is 9.01. The number of nitrogens with zero attached hydrogens (tertiary/aromatic N) is 3. The second kappa shape index (κ2) is 7.19. The van der Waals surface area contributed by atoms with E-state index in [9.17, 15) is 14.4 Å². The van der Waals surface area contributed by atoms with Crippen LogP contribution in [0, 0.1) is 0 Å². The molecule has 1 aliphatic rings. The molecule has 0 saturated carbocycles. The number of hydrogen-bond donors (Lipinski definition) is 1. The van der Waals surface area contributed by atoms with Crippen LogP contribution in [0.25, 0.3) is 10.9 Å². The third-order valence-corrected chi connectivity index (χ3v) is 4.81. The van der Waals surface area contributed by atoms with Crippen LogP contribution in [-0.2, 0) is 27.9 Å². The molecule has 4 rings (SSSR count). The highest BCUT2D eigenvalue weighted by molar-refractivity contribution is 6.36. The number of fused-ring (bicyclic) bond motifs is 2. The molecule has 1 N–H and O–H groups in total. The zero-order valence-electron chi connectivity index (χ0n) is 15.4. The number of benzene rings is 2. The topological polar surface area (TPSA) is 83.5 Å². The highest BCUT2D eigenvalue weighted by atomic mass is 16.2. The van der Waals surface area contributed by atoms with E-state index < -0.39 is 11.8 Å². The predicted octanol–water partition coefficient (Wildman–Crippen LogP) is -0.285. The van der Waals surface area contributed by atoms with Gasteiger partial charge in [-0.1, -0.05) is 30.3 Å². The maximum absolute atomic E-state index is 12.4. The summed E-state index contributed by atoms with van der Waals surface area (Å²) in [5, 5.41) is 4.93. The first-order chi connectivity index (χ1) is 13.5. The number of carbonyl (C=O) groups excluding carboxylic acids is 3. The molecule has 140 valence electrons. The molecule has 2 aromatic carbocycles. The van der Waals surface area contributed by atoms with E-state index in [-0.39, 0.29) is 25.4 Å². The smallest absolute Gasteiger partial charge is 0.350 e. The molecule has 0 unspecified atom stereocenters. The molecular weight excluding hydrogens is 356 g/mol. The van der Waals surface area contributed by atoms with E-state index in [2.05, 4.69) is 10.3 Å². The summed E-state index contributed by atoms with van der Waals surface area (Å²) < 4.78 is 3.36. The quantitative estimate of drug-likeness (QED) is 0.492. The van der Waals surface area contributed by atoms with Crippen LogP contribution in [0.2, 0.25) is 0 Å². The van der Waals surface area contributed by atoms with Crippen LogP contribution < -0.4 is 20.6 Å². The van der Waals surface area contributed by atoms with Crippen molar-refractivity contribution in [1.82, 2.24) is 14.5 Å². The minimum Gasteiger partial charge on any atom is -0.350 e. The SMILES string of the molecule is Cn1cc(CC(=O)NCC[N+]2=c3ccccc3=NC(=O)C2=O)c2ccccc21. The molecule has 7 heteroatoms. The van der Waals surface area contributed by atoms with Gasteiger partial charge >= 0.3 is 11.8 Å². The van der Waals surface area contributed by atoms with E-state index in [1.165, 1.54) is 4.58 Å². The van der Waals surface area contributed by atoms with E-state index in [1.54, 1.807) is 24.3 Å². The first kappa shape index (κ1) is 17.8. The summed E-state index contributed by atoms with van der Waals surface area (Å²) in [6.07, 6.45) is 2.20. The molecule has 0 atom stereocenters. The lowest BCUT2D eigenvalue weighted by Crippen LogP contribution is -2.52. The van der Waals surface area contributed by atoms with Gasteiger partial charge in [-0.15, -0.1) is 4.58 Å². The third-order valence-electron chi connectivity index (χ3n) is 4.81. The first-order valence-corrected chi connectivity index (χ1v) is 9.01. The fourth-order valence-corrected chi connectivity index (χ4v) is 3.50. The largest absolute Gasteiger partial charge is 0.480 e. The van der Waals surface area contributed by atoms with Gasteiger partial charge in [0.05, 0.1) is 13.0 Å². The molecule has 3 amide bonds. The molecule has 2 heterocycles. The summed E-state index contributed by atoms with van der Waals surface area (Å²) in [4.78, 5) is 40.1. The van der Waals surface area contributed by atoms with Crippen LogP contribution >= 0.6 is 0 Å². The van der Waals surface area contributed by atoms with Gasteiger partial charge in [-0.3, -0.25) is 9.59 Å². The summed E-state index contributed by atoms with van der Waals surface area (Å²) in [5.74, 6) is -1.60. The van der Waals surface area contributed by atoms with Crippen molar-refractivity contribution in [3.8, 4) is 0 Å². The van der Waals surface area contributed by atoms with Gasteiger partial charge in [0.25, 0.3) is 0 Å². The fraction of sp³-hybridized carbons (Fsp3) is 0.190. The summed E-state index contributed by atoms with van der Waals surface area (Å²) in [6.45, 7) is 0.454. The van der Waals surface area contributed by atoms with E-state index in [0.29, 0.717) is 10.7 Å². The van der Waals surface area contributed by atoms with Gasteiger partial charge in [-0.25, -0.2) is 4.79 Å². The minimum atomic E-state index is -0.791. The lowest BCUT2D eigenvalue weighted by Gasteiger charge is -2.06. The number of hydrogen-bond acceptors (Lipinski definition) is 3. The lowest BCUT2D eigenvalue weighted by atomic mass is 10.1. The Morgan fingerprint density at radius 1 is 1.11 bits per heavy atom. The number of carbonyl (C=O) groups is 3. The minimum absolute atomic E-state index is 0.134. The Hall–Kier alpha value is -3.61. The van der Waals surface area contributed by atoms with Gasteiger partial charge in [-0.05, 0) is 17.7 Å². The highest BCUT2D eigenvalue weighted by Gasteiger charge is 2.30. The second-order valence-corrected chi connectivity index (χ2v) is 6.67. The number of nitrogens with one attached hydrogen (secondary N) is 1. The van der Waals surface area contributed by atoms with Crippen LogP contribution in [0.5, 0.6) is 0 Å². The summed E-state index contributed by atoms with van der Waals surface area (Å²) >= 11 is 0. The van der Waals surface area contributed by atoms with E-state index in [4.69, 9.17) is 0 Å². The normalized spacial score (nSPS) is 13.4. The van der Waals surface area contributed by atoms with Crippen molar-refractivity contribution in [1.29, 1.82) is 0 Å². The van der Waals surface area contributed by atoms with Crippen molar-refractivity contribution in [3.05, 3.63) is 71.0 Å². The summed E-state index contributed by atoms with van der Waals surface area (Å²) in [7, 11) is 1.95. The standard InChI is InChI=1S/C21H18N4O3/c1-24-13-14(15-6-2-4-8-17(15)24)12-19(26)22-10-11-25-18-9-5-3-7-16(18)23-20(27)21(25)28/h2-9,13H,10-12H2,1H3/p+1. The molecule has 7 nitrogen and oxygen atoms in total. The summed E-state index contributed by atoms with van der Waals surface area (Å²) in [5.41, 5.74) is 2.02. The van der Waals surface area contributed by atoms with Gasteiger partial charge in [0.2, 0.25) is 11.3 Å². The Labute approximate surface area is 160 Å². The molecule has 1 aromatic heterocycles. The molecule has 0 fully saturated rings. The zero-order chi connectivity index (χ0) is 19.7. The van der Waals surface area contributed by atoms with E-state index in [0.717, 1.165) is 16.5 Å². The van der Waals surface area contributed by atoms with Crippen LogP contribution in [0.4, 0.5) is 0 Å². The maximum atomic E-state index is 12.4. The molecule has 28 heavy (non-hydrogen) atoms. The Kier molecular flexibility index (Phi) is 4.57. The monoisotopic (exact) mass is 375 g/mol. The molecule has 0 radical (unpaired) electrons. The molecule has 3 aromatic rings. The van der Waals surface area contributed by atoms with E-state index in [1.807, 2.05) is 42.1 Å². The van der Waals surface area contributed by atoms with Gasteiger partial charge in [0.15, 0.2) is 6.54 Å². The molecular formula is C21H19N4O3+. The zero-order valence-corrected chi connectivity index (χ0v) is 15.4. The van der Waals surface area contributed by atoms with Crippen molar-refractivity contribution in [2.45, 2.75) is 6.42 Å². The second-order valence-electron chi connectivity index (χ2n) is 6.67. The molecule has 0 saturated heterocycles. The number of rotatable bonds is 5. The van der Waals surface area contributed by atoms with Crippen molar-refractivity contribution >= 4 is 28.6 Å². The van der Waals surface area contributed by atoms with Crippen LogP contribution in [0.15, 0.2) is 59.7 Å². The molecule has 0 bridgehead atoms. The number of aryl methyl sites for hydroxylation is 1. The van der Waals surface area contributed by atoms with Crippen molar-refractivity contribution < 1.29 is 14.4 Å². The van der Waals surface area contributed by atoms with Gasteiger partial charge in [-0.2, -0.15) is 4.99 Å². The maximum Gasteiger partial charge on any atom is 0.480 e. The third kappa shape index (κ3) is 3.22. The lowest BCUT2D eigenvalue weighted by molar-refractivity contribution is -0.139. The average Bonchev–Trinajstić information content (AvgIpc) is 3.00. The Morgan fingerprint density at radius 3 is 2.71 bits per heavy atom. The van der Waals surface area contributed by atoms with Crippen LogP contribution in [0.3, 0.4) is 0 Å². The van der Waals surface area contributed by atoms with Gasteiger partial charge in [0, 0.05) is 30.2 Å².